The Balaban J connectivity index is 2.32. The van der Waals surface area contributed by atoms with Gasteiger partial charge in [0.25, 0.3) is 0 Å². The molecule has 0 aliphatic heterocycles. The van der Waals surface area contributed by atoms with Crippen molar-refractivity contribution in [3.63, 3.8) is 0 Å². The number of anilines is 1. The maximum atomic E-state index is 3.42. The minimum absolute atomic E-state index is 1.05. The predicted octanol–water partition coefficient (Wildman–Crippen LogP) is 3.46. The molecule has 0 bridgehead atoms. The van der Waals surface area contributed by atoms with E-state index in [0.29, 0.717) is 0 Å². The lowest BCUT2D eigenvalue weighted by molar-refractivity contribution is 1.22. The fraction of sp³-hybridized carbons (Fsp3) is 0.400. The van der Waals surface area contributed by atoms with E-state index in [1.807, 2.05) is 11.8 Å². The van der Waals surface area contributed by atoms with Gasteiger partial charge in [-0.3, -0.25) is 0 Å². The number of nitrogens with one attached hydrogen (secondary N) is 1. The molecule has 1 aromatic rings. The van der Waals surface area contributed by atoms with Gasteiger partial charge in [0, 0.05) is 21.6 Å². The molecule has 0 aliphatic rings. The summed E-state index contributed by atoms with van der Waals surface area (Å²) in [7, 11) is 0. The lowest BCUT2D eigenvalue weighted by Crippen LogP contribution is -2.05. The third-order valence-corrected chi connectivity index (χ3v) is 3.48. The van der Waals surface area contributed by atoms with Crippen LogP contribution in [0.15, 0.2) is 24.3 Å². The van der Waals surface area contributed by atoms with E-state index in [0.717, 1.165) is 6.54 Å². The van der Waals surface area contributed by atoms with Crippen molar-refractivity contribution < 1.29 is 0 Å². The lowest BCUT2D eigenvalue weighted by atomic mass is 10.3. The zero-order valence-corrected chi connectivity index (χ0v) is 10.7. The maximum absolute atomic E-state index is 3.42. The van der Waals surface area contributed by atoms with Crippen LogP contribution in [0.25, 0.3) is 0 Å². The second kappa shape index (κ2) is 6.54. The van der Waals surface area contributed by atoms with E-state index in [1.54, 1.807) is 0 Å². The molecule has 1 aromatic carbocycles. The average molecular weight is 307 g/mol. The van der Waals surface area contributed by atoms with Gasteiger partial charge in [-0.2, -0.15) is 11.8 Å². The summed E-state index contributed by atoms with van der Waals surface area (Å²) in [6.07, 6.45) is 0. The van der Waals surface area contributed by atoms with Crippen molar-refractivity contribution in [3.05, 3.63) is 27.8 Å². The molecule has 0 radical (unpaired) electrons. The first-order valence-corrected chi connectivity index (χ1v) is 6.64. The predicted molar refractivity (Wildman–Crippen MR) is 70.6 cm³/mol. The fourth-order valence-electron chi connectivity index (χ4n) is 1.01. The van der Waals surface area contributed by atoms with Crippen LogP contribution in [0.3, 0.4) is 0 Å². The van der Waals surface area contributed by atoms with Crippen LogP contribution in [-0.4, -0.2) is 18.1 Å². The number of para-hydroxylation sites is 1. The van der Waals surface area contributed by atoms with Gasteiger partial charge in [0.2, 0.25) is 0 Å². The molecule has 0 spiro atoms. The molecule has 0 fully saturated rings. The number of hydrogen-bond acceptors (Lipinski definition) is 2. The topological polar surface area (TPSA) is 12.0 Å². The molecule has 72 valence electrons. The van der Waals surface area contributed by atoms with E-state index >= 15 is 0 Å². The molecule has 1 N–H and O–H groups in total. The van der Waals surface area contributed by atoms with Crippen LogP contribution in [0.5, 0.6) is 0 Å². The summed E-state index contributed by atoms with van der Waals surface area (Å²) in [5.41, 5.74) is 1.25. The molecular weight excluding hydrogens is 293 g/mol. The van der Waals surface area contributed by atoms with Crippen LogP contribution >= 0.6 is 34.4 Å². The molecule has 0 aliphatic carbocycles. The van der Waals surface area contributed by atoms with Gasteiger partial charge in [0.15, 0.2) is 0 Å². The molecule has 0 amide bonds. The van der Waals surface area contributed by atoms with Gasteiger partial charge in [0.1, 0.15) is 0 Å². The highest BCUT2D eigenvalue weighted by Crippen LogP contribution is 2.16. The summed E-state index contributed by atoms with van der Waals surface area (Å²) >= 11 is 4.32. The Bertz CT molecular complexity index is 252. The third-order valence-electron chi connectivity index (χ3n) is 1.64. The molecule has 0 heterocycles. The van der Waals surface area contributed by atoms with Gasteiger partial charge in [-0.1, -0.05) is 19.1 Å². The molecule has 0 aromatic heterocycles. The quantitative estimate of drug-likeness (QED) is 0.660. The Kier molecular flexibility index (Phi) is 5.62. The smallest absolute Gasteiger partial charge is 0.0476 e. The van der Waals surface area contributed by atoms with Crippen LogP contribution < -0.4 is 5.32 Å². The van der Waals surface area contributed by atoms with Gasteiger partial charge in [-0.15, -0.1) is 0 Å². The zero-order chi connectivity index (χ0) is 9.52. The number of halogens is 1. The van der Waals surface area contributed by atoms with Crippen molar-refractivity contribution in [2.75, 3.05) is 23.4 Å². The van der Waals surface area contributed by atoms with E-state index in [4.69, 9.17) is 0 Å². The van der Waals surface area contributed by atoms with Crippen molar-refractivity contribution in [1.82, 2.24) is 0 Å². The largest absolute Gasteiger partial charge is 0.383 e. The standard InChI is InChI=1S/C10H14INS/c1-2-13-8-7-12-10-6-4-3-5-9(10)11/h3-6,12H,2,7-8H2,1H3. The molecule has 13 heavy (non-hydrogen) atoms. The molecule has 3 heteroatoms. The van der Waals surface area contributed by atoms with Crippen LogP contribution in [0.2, 0.25) is 0 Å². The van der Waals surface area contributed by atoms with Crippen LogP contribution in [0.4, 0.5) is 5.69 Å². The summed E-state index contributed by atoms with van der Waals surface area (Å²) in [6, 6.07) is 8.37. The number of benzene rings is 1. The molecule has 0 saturated heterocycles. The van der Waals surface area contributed by atoms with Gasteiger partial charge in [-0.25, -0.2) is 0 Å². The van der Waals surface area contributed by atoms with Crippen molar-refractivity contribution in [2.24, 2.45) is 0 Å². The molecule has 0 unspecified atom stereocenters. The zero-order valence-electron chi connectivity index (χ0n) is 7.72. The minimum atomic E-state index is 1.05. The number of rotatable bonds is 5. The molecule has 1 rings (SSSR count). The first-order valence-electron chi connectivity index (χ1n) is 4.40. The summed E-state index contributed by atoms with van der Waals surface area (Å²) in [4.78, 5) is 0. The first-order chi connectivity index (χ1) is 6.34. The van der Waals surface area contributed by atoms with Crippen molar-refractivity contribution in [3.8, 4) is 0 Å². The second-order valence-corrected chi connectivity index (χ2v) is 5.16. The number of thioether (sulfide) groups is 1. The Hall–Kier alpha value is 0.100. The normalized spacial score (nSPS) is 10.0. The van der Waals surface area contributed by atoms with Gasteiger partial charge >= 0.3 is 0 Å². The third kappa shape index (κ3) is 4.22. The first kappa shape index (κ1) is 11.2. The van der Waals surface area contributed by atoms with E-state index < -0.39 is 0 Å². The summed E-state index contributed by atoms with van der Waals surface area (Å²) < 4.78 is 1.29. The Morgan fingerprint density at radius 2 is 2.15 bits per heavy atom. The van der Waals surface area contributed by atoms with E-state index in [9.17, 15) is 0 Å². The second-order valence-electron chi connectivity index (χ2n) is 2.60. The van der Waals surface area contributed by atoms with Crippen molar-refractivity contribution in [2.45, 2.75) is 6.92 Å². The van der Waals surface area contributed by atoms with E-state index in [1.165, 1.54) is 20.8 Å². The van der Waals surface area contributed by atoms with Crippen molar-refractivity contribution in [1.29, 1.82) is 0 Å². The molecule has 1 nitrogen and oxygen atoms in total. The molecule has 0 atom stereocenters. The Morgan fingerprint density at radius 3 is 2.85 bits per heavy atom. The lowest BCUT2D eigenvalue weighted by Gasteiger charge is -2.07. The SMILES string of the molecule is CCSCCNc1ccccc1I. The van der Waals surface area contributed by atoms with Crippen molar-refractivity contribution >= 4 is 40.0 Å². The van der Waals surface area contributed by atoms with Crippen LogP contribution in [-0.2, 0) is 0 Å². The summed E-state index contributed by atoms with van der Waals surface area (Å²) in [6.45, 7) is 3.25. The van der Waals surface area contributed by atoms with E-state index in [2.05, 4.69) is 59.1 Å². The monoisotopic (exact) mass is 307 g/mol. The highest BCUT2D eigenvalue weighted by molar-refractivity contribution is 14.1. The Morgan fingerprint density at radius 1 is 1.38 bits per heavy atom. The summed E-state index contributed by atoms with van der Waals surface area (Å²) in [5.74, 6) is 2.38. The summed E-state index contributed by atoms with van der Waals surface area (Å²) in [5, 5.41) is 3.42. The van der Waals surface area contributed by atoms with Gasteiger partial charge < -0.3 is 5.32 Å². The highest BCUT2D eigenvalue weighted by Gasteiger charge is 1.95. The molecule has 0 saturated carbocycles. The minimum Gasteiger partial charge on any atom is -0.383 e. The Labute approximate surface area is 97.8 Å². The van der Waals surface area contributed by atoms with Crippen LogP contribution in [0.1, 0.15) is 6.92 Å². The van der Waals surface area contributed by atoms with Gasteiger partial charge in [0.05, 0.1) is 0 Å². The van der Waals surface area contributed by atoms with E-state index in [-0.39, 0.29) is 0 Å². The van der Waals surface area contributed by atoms with Crippen LogP contribution in [0, 0.1) is 3.57 Å². The maximum Gasteiger partial charge on any atom is 0.0476 e. The molecular formula is C10H14INS. The highest BCUT2D eigenvalue weighted by atomic mass is 127. The number of hydrogen-bond donors (Lipinski definition) is 1. The average Bonchev–Trinajstić information content (AvgIpc) is 2.15. The fourth-order valence-corrected chi connectivity index (χ4v) is 2.12. The van der Waals surface area contributed by atoms with Gasteiger partial charge in [-0.05, 0) is 40.5 Å².